The number of rotatable bonds is 7. The fourth-order valence-electron chi connectivity index (χ4n) is 3.57. The molecule has 0 aliphatic heterocycles. The van der Waals surface area contributed by atoms with Crippen molar-refractivity contribution >= 4 is 22.9 Å². The number of fused-ring (bicyclic) bond motifs is 1. The van der Waals surface area contributed by atoms with Crippen LogP contribution in [0.15, 0.2) is 60.9 Å². The molecule has 0 bridgehead atoms. The molecule has 0 spiro atoms. The summed E-state index contributed by atoms with van der Waals surface area (Å²) in [7, 11) is 0. The number of benzene rings is 1. The number of ketones is 1. The van der Waals surface area contributed by atoms with Crippen LogP contribution in [0.1, 0.15) is 35.0 Å². The molecular formula is C24H19ClF3N3O2. The van der Waals surface area contributed by atoms with Gasteiger partial charge in [0.15, 0.2) is 5.78 Å². The van der Waals surface area contributed by atoms with E-state index >= 15 is 0 Å². The van der Waals surface area contributed by atoms with Gasteiger partial charge >= 0.3 is 6.36 Å². The zero-order valence-electron chi connectivity index (χ0n) is 17.6. The first-order valence-electron chi connectivity index (χ1n) is 10.2. The molecule has 0 fully saturated rings. The van der Waals surface area contributed by atoms with E-state index in [-0.39, 0.29) is 18.0 Å². The minimum atomic E-state index is -4.73. The number of nitrogens with zero attached hydrogens (tertiary/aromatic N) is 3. The Labute approximate surface area is 192 Å². The number of hydrogen-bond acceptors (Lipinski definition) is 4. The number of carbonyl (C=O) groups is 1. The average molecular weight is 474 g/mol. The lowest BCUT2D eigenvalue weighted by atomic mass is 10.0. The molecular weight excluding hydrogens is 455 g/mol. The van der Waals surface area contributed by atoms with E-state index in [0.717, 1.165) is 11.3 Å². The van der Waals surface area contributed by atoms with Gasteiger partial charge < -0.3 is 4.74 Å². The van der Waals surface area contributed by atoms with Gasteiger partial charge in [-0.2, -0.15) is 5.10 Å². The molecule has 0 saturated heterocycles. The quantitative estimate of drug-likeness (QED) is 0.294. The molecule has 4 rings (SSSR count). The molecule has 0 radical (unpaired) electrons. The van der Waals surface area contributed by atoms with Crippen LogP contribution in [0.5, 0.6) is 5.75 Å². The molecule has 4 aromatic rings. The molecule has 33 heavy (non-hydrogen) atoms. The van der Waals surface area contributed by atoms with Gasteiger partial charge in [0.1, 0.15) is 5.75 Å². The van der Waals surface area contributed by atoms with E-state index in [9.17, 15) is 18.0 Å². The van der Waals surface area contributed by atoms with Crippen LogP contribution in [-0.4, -0.2) is 26.7 Å². The second kappa shape index (κ2) is 9.23. The number of alkyl halides is 3. The van der Waals surface area contributed by atoms with Crippen LogP contribution in [0.3, 0.4) is 0 Å². The smallest absolute Gasteiger partial charge is 0.406 e. The van der Waals surface area contributed by atoms with Gasteiger partial charge in [0.2, 0.25) is 0 Å². The van der Waals surface area contributed by atoms with Crippen LogP contribution in [-0.2, 0) is 12.8 Å². The molecule has 0 N–H and O–H groups in total. The number of Topliss-reactive ketones (excluding diaryl/α,β-unsaturated/α-hetero) is 1. The zero-order chi connectivity index (χ0) is 23.6. The van der Waals surface area contributed by atoms with E-state index in [1.165, 1.54) is 24.3 Å². The molecule has 170 valence electrons. The lowest BCUT2D eigenvalue weighted by Gasteiger charge is -2.09. The Kier molecular flexibility index (Phi) is 6.37. The van der Waals surface area contributed by atoms with E-state index in [1.807, 2.05) is 13.0 Å². The van der Waals surface area contributed by atoms with Crippen molar-refractivity contribution in [2.75, 3.05) is 0 Å². The first kappa shape index (κ1) is 22.8. The van der Waals surface area contributed by atoms with Crippen molar-refractivity contribution in [3.05, 3.63) is 82.8 Å². The molecule has 0 unspecified atom stereocenters. The molecule has 5 nitrogen and oxygen atoms in total. The van der Waals surface area contributed by atoms with E-state index in [0.29, 0.717) is 40.2 Å². The van der Waals surface area contributed by atoms with Gasteiger partial charge in [0, 0.05) is 29.4 Å². The lowest BCUT2D eigenvalue weighted by Crippen LogP contribution is -2.16. The van der Waals surface area contributed by atoms with Gasteiger partial charge in [-0.05, 0) is 60.9 Å². The van der Waals surface area contributed by atoms with Crippen molar-refractivity contribution < 1.29 is 22.7 Å². The topological polar surface area (TPSA) is 56.5 Å². The van der Waals surface area contributed by atoms with Crippen molar-refractivity contribution in [1.82, 2.24) is 14.6 Å². The summed E-state index contributed by atoms with van der Waals surface area (Å²) >= 11 is 6.11. The first-order valence-corrected chi connectivity index (χ1v) is 10.6. The van der Waals surface area contributed by atoms with E-state index < -0.39 is 6.36 Å². The van der Waals surface area contributed by atoms with Crippen LogP contribution < -0.4 is 4.74 Å². The summed E-state index contributed by atoms with van der Waals surface area (Å²) in [6, 6.07) is 12.6. The van der Waals surface area contributed by atoms with Gasteiger partial charge in [-0.3, -0.25) is 9.78 Å². The summed E-state index contributed by atoms with van der Waals surface area (Å²) < 4.78 is 42.4. The van der Waals surface area contributed by atoms with Crippen molar-refractivity contribution in [3.63, 3.8) is 0 Å². The molecule has 3 heterocycles. The third kappa shape index (κ3) is 5.34. The Hall–Kier alpha value is -3.39. The van der Waals surface area contributed by atoms with Gasteiger partial charge in [0.05, 0.1) is 22.5 Å². The normalized spacial score (nSPS) is 11.7. The lowest BCUT2D eigenvalue weighted by molar-refractivity contribution is -0.274. The maximum atomic E-state index is 13.0. The molecule has 0 aliphatic carbocycles. The second-order valence-electron chi connectivity index (χ2n) is 7.40. The number of carbonyl (C=O) groups excluding carboxylic acids is 1. The van der Waals surface area contributed by atoms with Crippen molar-refractivity contribution in [2.24, 2.45) is 0 Å². The van der Waals surface area contributed by atoms with Crippen molar-refractivity contribution in [1.29, 1.82) is 0 Å². The summed E-state index contributed by atoms with van der Waals surface area (Å²) in [6.45, 7) is 1.95. The zero-order valence-corrected chi connectivity index (χ0v) is 18.3. The van der Waals surface area contributed by atoms with Gasteiger partial charge in [-0.25, -0.2) is 4.52 Å². The number of aromatic nitrogens is 3. The largest absolute Gasteiger partial charge is 0.573 e. The molecule has 9 heteroatoms. The Morgan fingerprint density at radius 1 is 1.12 bits per heavy atom. The second-order valence-corrected chi connectivity index (χ2v) is 7.83. The first-order chi connectivity index (χ1) is 15.7. The monoisotopic (exact) mass is 473 g/mol. The number of ether oxygens (including phenoxy) is 1. The SMILES string of the molecule is CCc1nn2ccc(Cl)cc2c1C(=O)CCc1ccc(-c2ccc(OC(F)(F)F)cc2)nc1. The van der Waals surface area contributed by atoms with Crippen molar-refractivity contribution in [3.8, 4) is 17.0 Å². The maximum absolute atomic E-state index is 13.0. The number of halogens is 4. The van der Waals surface area contributed by atoms with E-state index in [4.69, 9.17) is 11.6 Å². The van der Waals surface area contributed by atoms with Crippen molar-refractivity contribution in [2.45, 2.75) is 32.5 Å². The highest BCUT2D eigenvalue weighted by molar-refractivity contribution is 6.31. The molecule has 3 aromatic heterocycles. The van der Waals surface area contributed by atoms with Crippen LogP contribution in [0.4, 0.5) is 13.2 Å². The highest BCUT2D eigenvalue weighted by Crippen LogP contribution is 2.26. The predicted molar refractivity (Wildman–Crippen MR) is 119 cm³/mol. The molecule has 0 aliphatic rings. The summed E-state index contributed by atoms with van der Waals surface area (Å²) in [6.07, 6.45) is 0.0706. The Bertz CT molecular complexity index is 1280. The standard InChI is InChI=1S/C24H19ClF3N3O2/c1-2-19-23(21-13-17(25)11-12-31(21)30-19)22(32)10-4-15-3-9-20(29-14-15)16-5-7-18(8-6-16)33-24(26,27)28/h3,5-9,11-14H,2,4,10H2,1H3. The number of aryl methyl sites for hydroxylation is 2. The number of pyridine rings is 2. The fraction of sp³-hybridized carbons (Fsp3) is 0.208. The number of hydrogen-bond donors (Lipinski definition) is 0. The summed E-state index contributed by atoms with van der Waals surface area (Å²) in [5, 5.41) is 5.01. The van der Waals surface area contributed by atoms with E-state index in [1.54, 1.807) is 35.1 Å². The Morgan fingerprint density at radius 2 is 1.88 bits per heavy atom. The third-order valence-electron chi connectivity index (χ3n) is 5.13. The predicted octanol–water partition coefficient (Wildman–Crippen LogP) is 6.33. The maximum Gasteiger partial charge on any atom is 0.573 e. The van der Waals surface area contributed by atoms with Gasteiger partial charge in [-0.1, -0.05) is 24.6 Å². The highest BCUT2D eigenvalue weighted by Gasteiger charge is 2.31. The van der Waals surface area contributed by atoms with Gasteiger partial charge in [0.25, 0.3) is 0 Å². The molecule has 0 saturated carbocycles. The summed E-state index contributed by atoms with van der Waals surface area (Å²) in [5.41, 5.74) is 4.14. The molecule has 1 aromatic carbocycles. The van der Waals surface area contributed by atoms with Crippen LogP contribution in [0.25, 0.3) is 16.8 Å². The van der Waals surface area contributed by atoms with Crippen LogP contribution in [0.2, 0.25) is 5.02 Å². The highest BCUT2D eigenvalue weighted by atomic mass is 35.5. The summed E-state index contributed by atoms with van der Waals surface area (Å²) in [4.78, 5) is 17.4. The van der Waals surface area contributed by atoms with E-state index in [2.05, 4.69) is 14.8 Å². The fourth-order valence-corrected chi connectivity index (χ4v) is 3.73. The summed E-state index contributed by atoms with van der Waals surface area (Å²) in [5.74, 6) is -0.310. The Morgan fingerprint density at radius 3 is 2.52 bits per heavy atom. The molecule has 0 atom stereocenters. The minimum Gasteiger partial charge on any atom is -0.406 e. The minimum absolute atomic E-state index is 0.0200. The van der Waals surface area contributed by atoms with Crippen LogP contribution >= 0.6 is 11.6 Å². The van der Waals surface area contributed by atoms with Gasteiger partial charge in [-0.15, -0.1) is 13.2 Å². The third-order valence-corrected chi connectivity index (χ3v) is 5.37. The van der Waals surface area contributed by atoms with Crippen LogP contribution in [0, 0.1) is 0 Å². The average Bonchev–Trinajstić information content (AvgIpc) is 3.15. The Balaban J connectivity index is 1.44. The molecule has 0 amide bonds.